The number of amides is 2. The Morgan fingerprint density at radius 1 is 1.12 bits per heavy atom. The van der Waals surface area contributed by atoms with Crippen LogP contribution in [0.2, 0.25) is 0 Å². The number of nitrogens with zero attached hydrogens (tertiary/aromatic N) is 2. The van der Waals surface area contributed by atoms with E-state index in [0.717, 1.165) is 12.1 Å². The first-order chi connectivity index (χ1) is 14.8. The van der Waals surface area contributed by atoms with Crippen LogP contribution in [0, 0.1) is 5.82 Å². The zero-order chi connectivity index (χ0) is 23.8. The highest BCUT2D eigenvalue weighted by atomic mass is 19.4. The Morgan fingerprint density at radius 3 is 2.31 bits per heavy atom. The monoisotopic (exact) mass is 454 g/mol. The van der Waals surface area contributed by atoms with Crippen molar-refractivity contribution in [2.24, 2.45) is 5.73 Å². The zero-order valence-electron chi connectivity index (χ0n) is 17.5. The molecule has 0 spiro atoms. The molecular formula is C21H22F4N4O3. The highest BCUT2D eigenvalue weighted by Gasteiger charge is 2.38. The van der Waals surface area contributed by atoms with Crippen molar-refractivity contribution in [1.82, 2.24) is 5.32 Å². The van der Waals surface area contributed by atoms with E-state index in [0.29, 0.717) is 11.4 Å². The number of rotatable bonds is 5. The summed E-state index contributed by atoms with van der Waals surface area (Å²) in [7, 11) is 1.47. The molecule has 0 bridgehead atoms. The molecule has 172 valence electrons. The molecule has 0 fully saturated rings. The number of halogens is 4. The maximum absolute atomic E-state index is 14.0. The fourth-order valence-electron chi connectivity index (χ4n) is 3.39. The molecule has 0 aromatic heterocycles. The predicted molar refractivity (Wildman–Crippen MR) is 110 cm³/mol. The zero-order valence-corrected chi connectivity index (χ0v) is 17.5. The summed E-state index contributed by atoms with van der Waals surface area (Å²) >= 11 is 0. The van der Waals surface area contributed by atoms with E-state index in [4.69, 9.17) is 5.73 Å². The number of fused-ring (bicyclic) bond motifs is 1. The molecule has 32 heavy (non-hydrogen) atoms. The maximum Gasteiger partial charge on any atom is 0.573 e. The van der Waals surface area contributed by atoms with E-state index in [1.807, 2.05) is 0 Å². The van der Waals surface area contributed by atoms with Crippen molar-refractivity contribution < 1.29 is 31.9 Å². The van der Waals surface area contributed by atoms with Gasteiger partial charge in [0.05, 0.1) is 16.9 Å². The first kappa shape index (κ1) is 23.3. The molecule has 1 aliphatic rings. The molecule has 3 rings (SSSR count). The summed E-state index contributed by atoms with van der Waals surface area (Å²) in [5.41, 5.74) is 5.33. The van der Waals surface area contributed by atoms with Gasteiger partial charge in [-0.15, -0.1) is 13.2 Å². The van der Waals surface area contributed by atoms with E-state index in [-0.39, 0.29) is 12.2 Å². The molecule has 0 saturated carbocycles. The smallest absolute Gasteiger partial charge is 0.406 e. The van der Waals surface area contributed by atoms with Crippen molar-refractivity contribution in [3.05, 3.63) is 48.3 Å². The predicted octanol–water partition coefficient (Wildman–Crippen LogP) is 3.06. The van der Waals surface area contributed by atoms with Crippen molar-refractivity contribution in [2.45, 2.75) is 31.8 Å². The van der Waals surface area contributed by atoms with Gasteiger partial charge in [0.2, 0.25) is 11.8 Å². The van der Waals surface area contributed by atoms with Crippen molar-refractivity contribution >= 4 is 28.9 Å². The van der Waals surface area contributed by atoms with Gasteiger partial charge in [-0.05, 0) is 56.3 Å². The number of carbonyl (C=O) groups is 2. The van der Waals surface area contributed by atoms with E-state index in [1.165, 1.54) is 56.1 Å². The van der Waals surface area contributed by atoms with Crippen LogP contribution >= 0.6 is 0 Å². The van der Waals surface area contributed by atoms with Crippen LogP contribution < -0.4 is 25.6 Å². The van der Waals surface area contributed by atoms with Crippen LogP contribution in [0.25, 0.3) is 0 Å². The van der Waals surface area contributed by atoms with Gasteiger partial charge in [0.1, 0.15) is 17.6 Å². The Morgan fingerprint density at radius 2 is 1.75 bits per heavy atom. The number of benzene rings is 2. The minimum Gasteiger partial charge on any atom is -0.406 e. The molecule has 0 radical (unpaired) electrons. The molecular weight excluding hydrogens is 432 g/mol. The van der Waals surface area contributed by atoms with Crippen LogP contribution in [0.5, 0.6) is 5.75 Å². The van der Waals surface area contributed by atoms with Crippen molar-refractivity contribution in [2.75, 3.05) is 23.4 Å². The van der Waals surface area contributed by atoms with E-state index in [2.05, 4.69) is 10.1 Å². The van der Waals surface area contributed by atoms with Crippen molar-refractivity contribution in [3.63, 3.8) is 0 Å². The standard InChI is InChI=1S/C21H22F4N4O3/c1-20(2,19(26)31)27-15-11-29(13-5-7-14(8-6-13)32-21(23,24)25)16-9-4-12(22)10-17(16)28(3)18(15)30/h4-10,15,27H,11H2,1-3H3,(H2,26,31)/t15-/m1/s1. The van der Waals surface area contributed by atoms with Gasteiger partial charge >= 0.3 is 6.36 Å². The molecule has 2 aromatic rings. The highest BCUT2D eigenvalue weighted by molar-refractivity contribution is 6.03. The Bertz CT molecular complexity index is 1020. The lowest BCUT2D eigenvalue weighted by Gasteiger charge is -2.31. The number of ether oxygens (including phenoxy) is 1. The Balaban J connectivity index is 2.05. The minimum atomic E-state index is -4.83. The largest absolute Gasteiger partial charge is 0.573 e. The molecule has 1 heterocycles. The Kier molecular flexibility index (Phi) is 6.05. The molecule has 11 heteroatoms. The Labute approximate surface area is 181 Å². The first-order valence-electron chi connectivity index (χ1n) is 9.56. The number of hydrogen-bond donors (Lipinski definition) is 2. The van der Waals surface area contributed by atoms with Crippen LogP contribution in [0.1, 0.15) is 13.8 Å². The number of anilines is 3. The summed E-state index contributed by atoms with van der Waals surface area (Å²) in [6.07, 6.45) is -4.83. The fraction of sp³-hybridized carbons (Fsp3) is 0.333. The number of hydrogen-bond acceptors (Lipinski definition) is 5. The minimum absolute atomic E-state index is 0.00199. The SMILES string of the molecule is CN1C(=O)[C@H](NC(C)(C)C(N)=O)CN(c2ccc(OC(F)(F)F)cc2)c2ccc(F)cc21. The summed E-state index contributed by atoms with van der Waals surface area (Å²) < 4.78 is 55.4. The van der Waals surface area contributed by atoms with E-state index >= 15 is 0 Å². The fourth-order valence-corrected chi connectivity index (χ4v) is 3.39. The third-order valence-electron chi connectivity index (χ3n) is 5.12. The van der Waals surface area contributed by atoms with Gasteiger partial charge in [-0.1, -0.05) is 0 Å². The summed E-state index contributed by atoms with van der Waals surface area (Å²) in [5, 5.41) is 2.93. The average molecular weight is 454 g/mol. The van der Waals surface area contributed by atoms with Crippen LogP contribution in [0.15, 0.2) is 42.5 Å². The molecule has 2 amide bonds. The maximum atomic E-state index is 14.0. The van der Waals surface area contributed by atoms with Crippen LogP contribution in [-0.4, -0.2) is 43.3 Å². The third kappa shape index (κ3) is 4.93. The molecule has 1 atom stereocenters. The van der Waals surface area contributed by atoms with Crippen LogP contribution in [0.3, 0.4) is 0 Å². The van der Waals surface area contributed by atoms with Gasteiger partial charge in [-0.3, -0.25) is 14.9 Å². The first-order valence-corrected chi connectivity index (χ1v) is 9.56. The second-order valence-electron chi connectivity index (χ2n) is 7.87. The van der Waals surface area contributed by atoms with Gasteiger partial charge in [0, 0.05) is 19.3 Å². The molecule has 0 aliphatic carbocycles. The highest BCUT2D eigenvalue weighted by Crippen LogP contribution is 2.38. The summed E-state index contributed by atoms with van der Waals surface area (Å²) in [6.45, 7) is 3.04. The number of carbonyl (C=O) groups excluding carboxylic acids is 2. The molecule has 2 aromatic carbocycles. The number of nitrogens with one attached hydrogen (secondary N) is 1. The number of alkyl halides is 3. The van der Waals surface area contributed by atoms with Gasteiger partial charge < -0.3 is 20.3 Å². The summed E-state index contributed by atoms with van der Waals surface area (Å²) in [4.78, 5) is 27.8. The molecule has 3 N–H and O–H groups in total. The molecule has 0 unspecified atom stereocenters. The van der Waals surface area contributed by atoms with Crippen molar-refractivity contribution in [3.8, 4) is 5.75 Å². The lowest BCUT2D eigenvalue weighted by atomic mass is 10.0. The summed E-state index contributed by atoms with van der Waals surface area (Å²) in [5.74, 6) is -2.10. The van der Waals surface area contributed by atoms with Gasteiger partial charge in [-0.2, -0.15) is 0 Å². The number of nitrogens with two attached hydrogens (primary N) is 1. The number of primary amides is 1. The third-order valence-corrected chi connectivity index (χ3v) is 5.12. The number of likely N-dealkylation sites (N-methyl/N-ethyl adjacent to an activating group) is 1. The molecule has 1 aliphatic heterocycles. The van der Waals surface area contributed by atoms with Gasteiger partial charge in [-0.25, -0.2) is 4.39 Å². The second-order valence-corrected chi connectivity index (χ2v) is 7.87. The van der Waals surface area contributed by atoms with Gasteiger partial charge in [0.15, 0.2) is 0 Å². The normalized spacial score (nSPS) is 17.1. The summed E-state index contributed by atoms with van der Waals surface area (Å²) in [6, 6.07) is 7.98. The van der Waals surface area contributed by atoms with Crippen molar-refractivity contribution in [1.29, 1.82) is 0 Å². The molecule has 0 saturated heterocycles. The van der Waals surface area contributed by atoms with Crippen LogP contribution in [-0.2, 0) is 9.59 Å². The quantitative estimate of drug-likeness (QED) is 0.679. The van der Waals surface area contributed by atoms with E-state index in [9.17, 15) is 27.2 Å². The topological polar surface area (TPSA) is 87.9 Å². The van der Waals surface area contributed by atoms with Gasteiger partial charge in [0.25, 0.3) is 0 Å². The lowest BCUT2D eigenvalue weighted by molar-refractivity contribution is -0.274. The van der Waals surface area contributed by atoms with E-state index < -0.39 is 41.3 Å². The Hall–Kier alpha value is -3.34. The lowest BCUT2D eigenvalue weighted by Crippen LogP contribution is -2.60. The van der Waals surface area contributed by atoms with Crippen LogP contribution in [0.4, 0.5) is 34.6 Å². The van der Waals surface area contributed by atoms with E-state index in [1.54, 1.807) is 4.90 Å². The second kappa shape index (κ2) is 8.30. The molecule has 7 nitrogen and oxygen atoms in total. The average Bonchev–Trinajstić information content (AvgIpc) is 2.78.